The highest BCUT2D eigenvalue weighted by molar-refractivity contribution is 5.92. The number of carbonyl (C=O) groups is 2. The summed E-state index contributed by atoms with van der Waals surface area (Å²) in [7, 11) is 2.00. The number of carbonyl (C=O) groups excluding carboxylic acids is 2. The Morgan fingerprint density at radius 2 is 1.96 bits per heavy atom. The summed E-state index contributed by atoms with van der Waals surface area (Å²) in [5.74, 6) is -0.670. The second-order valence-corrected chi connectivity index (χ2v) is 9.28. The maximum absolute atomic E-state index is 13.3. The molecule has 1 aliphatic carbocycles. The maximum atomic E-state index is 13.3. The first kappa shape index (κ1) is 20.8. The molecule has 28 heavy (non-hydrogen) atoms. The highest BCUT2D eigenvalue weighted by Gasteiger charge is 2.40. The van der Waals surface area contributed by atoms with Crippen LogP contribution in [0.15, 0.2) is 0 Å². The Morgan fingerprint density at radius 1 is 1.25 bits per heavy atom. The summed E-state index contributed by atoms with van der Waals surface area (Å²) in [5, 5.41) is 13.2. The summed E-state index contributed by atoms with van der Waals surface area (Å²) in [6, 6.07) is -0.224. The molecule has 0 unspecified atom stereocenters. The van der Waals surface area contributed by atoms with Crippen molar-refractivity contribution in [2.45, 2.75) is 77.6 Å². The molecule has 1 saturated carbocycles. The van der Waals surface area contributed by atoms with Crippen molar-refractivity contribution in [3.05, 3.63) is 17.2 Å². The average Bonchev–Trinajstić information content (AvgIpc) is 3.05. The number of nitrogens with zero attached hydrogens (tertiary/aromatic N) is 3. The van der Waals surface area contributed by atoms with Crippen LogP contribution in [0.1, 0.15) is 74.4 Å². The summed E-state index contributed by atoms with van der Waals surface area (Å²) >= 11 is 0. The number of primary amides is 1. The van der Waals surface area contributed by atoms with Crippen molar-refractivity contribution < 1.29 is 14.7 Å². The van der Waals surface area contributed by atoms with Crippen molar-refractivity contribution in [2.75, 3.05) is 13.6 Å². The smallest absolute Gasteiger partial charge is 0.269 e. The molecule has 8 heteroatoms. The fourth-order valence-electron chi connectivity index (χ4n) is 4.44. The molecular formula is C20H33N5O3. The topological polar surface area (TPSA) is 113 Å². The number of aliphatic hydroxyl groups is 1. The van der Waals surface area contributed by atoms with E-state index in [1.54, 1.807) is 0 Å². The van der Waals surface area contributed by atoms with Gasteiger partial charge in [-0.05, 0) is 44.7 Å². The molecule has 0 spiro atoms. The monoisotopic (exact) mass is 391 g/mol. The molecule has 2 aliphatic rings. The van der Waals surface area contributed by atoms with Crippen molar-refractivity contribution in [1.82, 2.24) is 19.8 Å². The van der Waals surface area contributed by atoms with Gasteiger partial charge in [0.2, 0.25) is 5.91 Å². The van der Waals surface area contributed by atoms with Crippen LogP contribution in [0.3, 0.4) is 0 Å². The number of rotatable bonds is 4. The molecule has 1 aromatic heterocycles. The third-order valence-corrected chi connectivity index (χ3v) is 5.87. The summed E-state index contributed by atoms with van der Waals surface area (Å²) < 4.78 is 2.02. The number of fused-ring (bicyclic) bond motifs is 1. The third-order valence-electron chi connectivity index (χ3n) is 5.87. The summed E-state index contributed by atoms with van der Waals surface area (Å²) in [6.07, 6.45) is 2.80. The van der Waals surface area contributed by atoms with Crippen molar-refractivity contribution >= 4 is 11.8 Å². The molecule has 1 aromatic rings. The Labute approximate surface area is 166 Å². The van der Waals surface area contributed by atoms with Gasteiger partial charge < -0.3 is 25.6 Å². The minimum absolute atomic E-state index is 0.153. The molecule has 1 aliphatic heterocycles. The van der Waals surface area contributed by atoms with E-state index in [0.717, 1.165) is 31.5 Å². The van der Waals surface area contributed by atoms with Gasteiger partial charge in [-0.1, -0.05) is 20.8 Å². The first-order valence-corrected chi connectivity index (χ1v) is 10.2. The first-order chi connectivity index (χ1) is 13.1. The molecule has 3 atom stereocenters. The lowest BCUT2D eigenvalue weighted by Gasteiger charge is -2.31. The van der Waals surface area contributed by atoms with E-state index in [2.05, 4.69) is 15.2 Å². The zero-order valence-electron chi connectivity index (χ0n) is 17.4. The maximum Gasteiger partial charge on any atom is 0.269 e. The molecule has 0 saturated heterocycles. The number of hydrogen-bond donors (Lipinski definition) is 3. The summed E-state index contributed by atoms with van der Waals surface area (Å²) in [4.78, 5) is 32.1. The van der Waals surface area contributed by atoms with Crippen LogP contribution in [0.5, 0.6) is 0 Å². The van der Waals surface area contributed by atoms with Gasteiger partial charge in [0, 0.05) is 13.1 Å². The van der Waals surface area contributed by atoms with Crippen LogP contribution in [0.25, 0.3) is 0 Å². The predicted molar refractivity (Wildman–Crippen MR) is 106 cm³/mol. The lowest BCUT2D eigenvalue weighted by atomic mass is 9.79. The van der Waals surface area contributed by atoms with Gasteiger partial charge in [0.1, 0.15) is 11.7 Å². The highest BCUT2D eigenvalue weighted by Crippen LogP contribution is 2.37. The van der Waals surface area contributed by atoms with Gasteiger partial charge in [-0.15, -0.1) is 0 Å². The van der Waals surface area contributed by atoms with Crippen molar-refractivity contribution in [3.63, 3.8) is 0 Å². The Balaban J connectivity index is 2.02. The van der Waals surface area contributed by atoms with E-state index in [9.17, 15) is 14.7 Å². The molecule has 2 amide bonds. The van der Waals surface area contributed by atoms with E-state index in [-0.39, 0.29) is 17.6 Å². The fourth-order valence-corrected chi connectivity index (χ4v) is 4.44. The van der Waals surface area contributed by atoms with Gasteiger partial charge in [0.05, 0.1) is 17.8 Å². The van der Waals surface area contributed by atoms with Crippen LogP contribution >= 0.6 is 0 Å². The molecule has 2 heterocycles. The number of hydrogen-bond acceptors (Lipinski definition) is 5. The van der Waals surface area contributed by atoms with Gasteiger partial charge in [-0.3, -0.25) is 9.59 Å². The van der Waals surface area contributed by atoms with Crippen molar-refractivity contribution in [3.8, 4) is 0 Å². The zero-order chi connectivity index (χ0) is 20.6. The Morgan fingerprint density at radius 3 is 2.54 bits per heavy atom. The molecular weight excluding hydrogens is 358 g/mol. The van der Waals surface area contributed by atoms with Crippen LogP contribution in [0.4, 0.5) is 0 Å². The number of amides is 2. The quantitative estimate of drug-likeness (QED) is 0.708. The minimum atomic E-state index is -0.565. The Kier molecular flexibility index (Phi) is 5.82. The molecule has 4 N–H and O–H groups in total. The molecule has 8 nitrogen and oxygen atoms in total. The van der Waals surface area contributed by atoms with E-state index < -0.39 is 23.3 Å². The van der Waals surface area contributed by atoms with Crippen molar-refractivity contribution in [1.29, 1.82) is 0 Å². The molecule has 156 valence electrons. The largest absolute Gasteiger partial charge is 0.391 e. The lowest BCUT2D eigenvalue weighted by Crippen LogP contribution is -2.45. The van der Waals surface area contributed by atoms with Crippen molar-refractivity contribution in [2.24, 2.45) is 11.1 Å². The van der Waals surface area contributed by atoms with Gasteiger partial charge in [0.25, 0.3) is 5.91 Å². The third kappa shape index (κ3) is 4.07. The molecule has 0 radical (unpaired) electrons. The standard InChI is InChI=1S/C20H33N5O3/c1-20(2,3)15(19(28)22-12-7-5-8-14(12)26)18-23-16(17(21)27)13-11-24(4)9-6-10-25(13)18/h12,14-15,26H,5-11H2,1-4H3,(H2,21,27)(H,22,28)/t12-,14-,15+/m1/s1. The zero-order valence-corrected chi connectivity index (χ0v) is 17.4. The lowest BCUT2D eigenvalue weighted by molar-refractivity contribution is -0.126. The molecule has 3 rings (SSSR count). The van der Waals surface area contributed by atoms with Gasteiger partial charge in [0.15, 0.2) is 5.69 Å². The SMILES string of the molecule is CN1CCCn2c([C@@H](C(=O)N[C@@H]3CCC[C@H]3O)C(C)(C)C)nc(C(N)=O)c2C1. The van der Waals surface area contributed by atoms with E-state index in [1.165, 1.54) is 0 Å². The molecule has 1 fully saturated rings. The van der Waals surface area contributed by atoms with Gasteiger partial charge in [-0.2, -0.15) is 0 Å². The molecule has 0 bridgehead atoms. The van der Waals surface area contributed by atoms with Crippen LogP contribution in [-0.4, -0.2) is 57.1 Å². The second kappa shape index (κ2) is 7.83. The van der Waals surface area contributed by atoms with E-state index >= 15 is 0 Å². The second-order valence-electron chi connectivity index (χ2n) is 9.28. The summed E-state index contributed by atoms with van der Waals surface area (Å²) in [6.45, 7) is 8.16. The number of aliphatic hydroxyl groups excluding tert-OH is 1. The fraction of sp³-hybridized carbons (Fsp3) is 0.750. The van der Waals surface area contributed by atoms with Crippen LogP contribution in [-0.2, 0) is 17.9 Å². The normalized spacial score (nSPS) is 24.5. The number of nitrogens with two attached hydrogens (primary N) is 1. The number of aromatic nitrogens is 2. The number of imidazole rings is 1. The Bertz CT molecular complexity index is 752. The van der Waals surface area contributed by atoms with E-state index in [4.69, 9.17) is 5.73 Å². The van der Waals surface area contributed by atoms with E-state index in [1.807, 2.05) is 32.4 Å². The molecule has 0 aromatic carbocycles. The summed E-state index contributed by atoms with van der Waals surface area (Å²) in [5.41, 5.74) is 6.24. The minimum Gasteiger partial charge on any atom is -0.391 e. The van der Waals surface area contributed by atoms with Gasteiger partial charge in [-0.25, -0.2) is 4.98 Å². The van der Waals surface area contributed by atoms with Crippen LogP contribution in [0, 0.1) is 5.41 Å². The van der Waals surface area contributed by atoms with Gasteiger partial charge >= 0.3 is 0 Å². The van der Waals surface area contributed by atoms with Crippen LogP contribution < -0.4 is 11.1 Å². The van der Waals surface area contributed by atoms with Crippen LogP contribution in [0.2, 0.25) is 0 Å². The van der Waals surface area contributed by atoms with E-state index in [0.29, 0.717) is 25.3 Å². The predicted octanol–water partition coefficient (Wildman–Crippen LogP) is 0.977. The first-order valence-electron chi connectivity index (χ1n) is 10.2. The average molecular weight is 392 g/mol. The number of nitrogens with one attached hydrogen (secondary N) is 1. The highest BCUT2D eigenvalue weighted by atomic mass is 16.3. The Hall–Kier alpha value is -1.93.